The molecule has 0 aromatic carbocycles. The third-order valence-electron chi connectivity index (χ3n) is 14.3. The van der Waals surface area contributed by atoms with Gasteiger partial charge in [0.25, 0.3) is 0 Å². The highest BCUT2D eigenvalue weighted by molar-refractivity contribution is 7.74. The quantitative estimate of drug-likeness (QED) is 0.0155. The van der Waals surface area contributed by atoms with Gasteiger partial charge in [0.2, 0.25) is 10.0 Å². The summed E-state index contributed by atoms with van der Waals surface area (Å²) in [6.07, 6.45) is 41.6. The molecule has 0 aromatic heterocycles. The standard InChI is InChI=1S/C27H60N2O7P2.C24H54N2O7P2.C5H12N2.C2H6O2P/c1-6-7-8-9-10-11-12-13-14-15-16-17-18-19-24-35-25-21-26-36-38(31,34-5)27(28,22-20-23-29-2)37(30,32-3)33-4;1-3-4-5-6-7-8-9-10-11-12-13-14-15-16-21-32-22-18-23-33-35(30,31)24(25,34(27,28)29)19-17-20-26-2;1-7-5-3-2-4-6;1-4-5(2)3/h29H,6-26,28H2,1-5H3;26H,3-23,25H2,1-2H3,(H,30,31)(H2,27,28,29);4,6-7H,2-3,5H2,1H3;1-2H3/q;;;+1. The Bertz CT molecular complexity index is 1680. The molecule has 0 heterocycles. The first-order valence-corrected chi connectivity index (χ1v) is 40.2. The molecule has 0 spiro atoms. The average Bonchev–Trinajstić information content (AvgIpc) is 2.22. The van der Waals surface area contributed by atoms with Crippen LogP contribution in [0.15, 0.2) is 0 Å². The van der Waals surface area contributed by atoms with Crippen molar-refractivity contribution in [3.8, 4) is 0 Å². The van der Waals surface area contributed by atoms with Crippen molar-refractivity contribution in [2.75, 3.05) is 116 Å². The lowest BCUT2D eigenvalue weighted by Gasteiger charge is -2.38. The van der Waals surface area contributed by atoms with Crippen LogP contribution in [0.2, 0.25) is 0 Å². The third kappa shape index (κ3) is 49.4. The smallest absolute Gasteiger partial charge is 0.381 e. The predicted octanol–water partition coefficient (Wildman–Crippen LogP) is 15.3. The van der Waals surface area contributed by atoms with Crippen molar-refractivity contribution in [3.63, 3.8) is 0 Å². The average molecular weight is 1320 g/mol. The van der Waals surface area contributed by atoms with Gasteiger partial charge in [0, 0.05) is 47.8 Å². The SMILES string of the molecule is CCCCCCCCCCCCCCCCOCCCOP(=O)(O)C(N)(CCCNC)P(=O)(O)O.CCCCCCCCCCCCCCCCOCCCOP(=O)(OC)C(N)(CCCNC)P(=O)(OC)OC.CNCCCC=N.CO[P+](C)=O. The maximum Gasteiger partial charge on any atom is 0.504 e. The van der Waals surface area contributed by atoms with Gasteiger partial charge < -0.3 is 79.6 Å². The molecule has 0 saturated carbocycles. The minimum atomic E-state index is -5.06. The van der Waals surface area contributed by atoms with E-state index < -0.39 is 48.5 Å². The van der Waals surface area contributed by atoms with E-state index in [9.17, 15) is 37.5 Å². The first-order chi connectivity index (χ1) is 40.6. The van der Waals surface area contributed by atoms with E-state index in [1.807, 2.05) is 7.05 Å². The van der Waals surface area contributed by atoms with Crippen molar-refractivity contribution in [3.05, 3.63) is 0 Å². The Hall–Kier alpha value is 0.0500. The predicted molar refractivity (Wildman–Crippen MR) is 354 cm³/mol. The third-order valence-corrected chi connectivity index (χ3v) is 25.1. The van der Waals surface area contributed by atoms with Gasteiger partial charge in [-0.25, -0.2) is 0 Å². The second-order valence-corrected chi connectivity index (χ2v) is 32.5. The topological polar surface area (TPSA) is 332 Å². The van der Waals surface area contributed by atoms with E-state index in [0.717, 1.165) is 38.6 Å². The Morgan fingerprint density at radius 1 is 0.447 bits per heavy atom. The molecule has 0 rings (SSSR count). The lowest BCUT2D eigenvalue weighted by molar-refractivity contribution is 0.110. The number of nitrogens with one attached hydrogen (secondary N) is 4. The normalized spacial score (nSPS) is 14.7. The molecule has 5 atom stereocenters. The van der Waals surface area contributed by atoms with Crippen LogP contribution in [0, 0.1) is 5.41 Å². The first kappa shape index (κ1) is 91.5. The molecule has 0 aliphatic carbocycles. The summed E-state index contributed by atoms with van der Waals surface area (Å²) in [6.45, 7) is 10.2. The second kappa shape index (κ2) is 62.8. The van der Waals surface area contributed by atoms with Crippen molar-refractivity contribution in [1.29, 1.82) is 5.41 Å². The van der Waals surface area contributed by atoms with E-state index in [1.165, 1.54) is 202 Å². The highest BCUT2D eigenvalue weighted by Crippen LogP contribution is 2.76. The minimum Gasteiger partial charge on any atom is -0.381 e. The van der Waals surface area contributed by atoms with Crippen LogP contribution in [0.5, 0.6) is 0 Å². The fourth-order valence-electron chi connectivity index (χ4n) is 8.83. The highest BCUT2D eigenvalue weighted by Gasteiger charge is 2.62. The number of rotatable bonds is 60. The Morgan fingerprint density at radius 2 is 0.741 bits per heavy atom. The lowest BCUT2D eigenvalue weighted by Crippen LogP contribution is -2.42. The van der Waals surface area contributed by atoms with Crippen molar-refractivity contribution >= 4 is 44.6 Å². The Kier molecular flexibility index (Phi) is 67.6. The van der Waals surface area contributed by atoms with Crippen LogP contribution < -0.4 is 27.4 Å². The van der Waals surface area contributed by atoms with E-state index in [2.05, 4.69) is 34.3 Å². The zero-order valence-corrected chi connectivity index (χ0v) is 59.9. The van der Waals surface area contributed by atoms with Crippen LogP contribution in [0.1, 0.15) is 245 Å². The molecule has 0 amide bonds. The van der Waals surface area contributed by atoms with Gasteiger partial charge in [-0.05, 0) is 116 Å². The van der Waals surface area contributed by atoms with Crippen LogP contribution in [-0.4, -0.2) is 146 Å². The minimum absolute atomic E-state index is 0.0769. The first-order valence-electron chi connectivity index (χ1n) is 32.3. The van der Waals surface area contributed by atoms with Crippen LogP contribution in [-0.2, 0) is 59.4 Å². The van der Waals surface area contributed by atoms with Gasteiger partial charge >= 0.3 is 38.4 Å². The molecule has 0 aliphatic rings. The second-order valence-electron chi connectivity index (χ2n) is 21.6. The van der Waals surface area contributed by atoms with Crippen LogP contribution in [0.3, 0.4) is 0 Å². The Morgan fingerprint density at radius 3 is 1.04 bits per heavy atom. The largest absolute Gasteiger partial charge is 0.504 e. The molecule has 85 heavy (non-hydrogen) atoms. The van der Waals surface area contributed by atoms with Gasteiger partial charge in [-0.3, -0.25) is 18.3 Å². The fourth-order valence-corrected chi connectivity index (χ4v) is 16.6. The zero-order valence-electron chi connectivity index (χ0n) is 55.4. The molecule has 0 fully saturated rings. The van der Waals surface area contributed by atoms with E-state index in [1.54, 1.807) is 14.1 Å². The van der Waals surface area contributed by atoms with Gasteiger partial charge in [0.1, 0.15) is 0 Å². The van der Waals surface area contributed by atoms with E-state index in [-0.39, 0.29) is 32.5 Å². The molecule has 27 heteroatoms. The van der Waals surface area contributed by atoms with Crippen molar-refractivity contribution in [2.24, 2.45) is 11.5 Å². The number of nitrogens with two attached hydrogens (primary N) is 2. The molecule has 5 unspecified atom stereocenters. The van der Waals surface area contributed by atoms with Crippen molar-refractivity contribution in [1.82, 2.24) is 16.0 Å². The molecule has 0 bridgehead atoms. The van der Waals surface area contributed by atoms with Crippen molar-refractivity contribution < 1.29 is 74.1 Å². The van der Waals surface area contributed by atoms with Gasteiger partial charge in [-0.1, -0.05) is 181 Å². The zero-order chi connectivity index (χ0) is 64.9. The highest BCUT2D eigenvalue weighted by atomic mass is 31.2. The number of ether oxygens (including phenoxy) is 2. The van der Waals surface area contributed by atoms with Crippen LogP contribution in [0.25, 0.3) is 0 Å². The molecule has 0 aromatic rings. The maximum absolute atomic E-state index is 13.6. The van der Waals surface area contributed by atoms with Crippen molar-refractivity contribution in [2.45, 2.75) is 255 Å². The summed E-state index contributed by atoms with van der Waals surface area (Å²) >= 11 is 0. The Labute approximate surface area is 520 Å². The van der Waals surface area contributed by atoms with E-state index >= 15 is 0 Å². The molecular weight excluding hydrogens is 1190 g/mol. The van der Waals surface area contributed by atoms with E-state index in [0.29, 0.717) is 58.8 Å². The van der Waals surface area contributed by atoms with Crippen LogP contribution in [0.4, 0.5) is 0 Å². The molecule has 514 valence electrons. The monoisotopic (exact) mass is 1320 g/mol. The number of hydrogen-bond donors (Lipinski definition) is 9. The summed E-state index contributed by atoms with van der Waals surface area (Å²) in [4.78, 5) is 29.3. The molecule has 0 radical (unpaired) electrons. The lowest BCUT2D eigenvalue weighted by atomic mass is 10.0. The molecule has 11 N–H and O–H groups in total. The van der Waals surface area contributed by atoms with Crippen LogP contribution >= 0.6 is 38.4 Å². The molecule has 0 saturated heterocycles. The summed E-state index contributed by atoms with van der Waals surface area (Å²) in [7, 11) is -8.68. The van der Waals surface area contributed by atoms with E-state index in [4.69, 9.17) is 49.0 Å². The summed E-state index contributed by atoms with van der Waals surface area (Å²) in [5.74, 6) is 0. The summed E-state index contributed by atoms with van der Waals surface area (Å²) in [5, 5.41) is 10.9. The fraction of sp³-hybridized carbons (Fsp3) is 0.983. The summed E-state index contributed by atoms with van der Waals surface area (Å²) < 4.78 is 102. The molecular formula is C58H132N6O16P5+. The number of hydrogen-bond acceptors (Lipinski definition) is 19. The van der Waals surface area contributed by atoms with Gasteiger partial charge in [0.15, 0.2) is 6.66 Å². The molecule has 22 nitrogen and oxygen atoms in total. The summed E-state index contributed by atoms with van der Waals surface area (Å²) in [6, 6.07) is 0. The number of unbranched alkanes of at least 4 members (excludes halogenated alkanes) is 27. The maximum atomic E-state index is 13.6. The van der Waals surface area contributed by atoms with Gasteiger partial charge in [-0.2, -0.15) is 0 Å². The summed E-state index contributed by atoms with van der Waals surface area (Å²) in [5.41, 5.74) is 12.1. The van der Waals surface area contributed by atoms with Gasteiger partial charge in [0.05, 0.1) is 20.3 Å². The Balaban J connectivity index is -0.000000646. The molecule has 0 aliphatic heterocycles. The van der Waals surface area contributed by atoms with Gasteiger partial charge in [-0.15, -0.1) is 4.52 Å².